The van der Waals surface area contributed by atoms with Crippen LogP contribution in [0.1, 0.15) is 27.6 Å². The highest BCUT2D eigenvalue weighted by molar-refractivity contribution is 5.99. The minimum atomic E-state index is -0.102. The Morgan fingerprint density at radius 1 is 0.800 bits per heavy atom. The molecule has 0 aliphatic heterocycles. The maximum absolute atomic E-state index is 12.2. The van der Waals surface area contributed by atoms with Gasteiger partial charge in [-0.05, 0) is 60.2 Å². The van der Waals surface area contributed by atoms with Crippen molar-refractivity contribution >= 4 is 22.3 Å². The molecule has 0 fully saturated rings. The van der Waals surface area contributed by atoms with Crippen LogP contribution in [0.5, 0.6) is 11.5 Å². The zero-order chi connectivity index (χ0) is 17.8. The van der Waals surface area contributed by atoms with Gasteiger partial charge in [0.05, 0.1) is 7.11 Å². The molecule has 3 aromatic rings. The molecule has 3 aromatic carbocycles. The molecule has 0 saturated heterocycles. The number of methoxy groups -OCH3 is 1. The number of benzene rings is 3. The van der Waals surface area contributed by atoms with Crippen molar-refractivity contribution in [1.82, 2.24) is 0 Å². The SMILES string of the molecule is COc1ccc(C(=O)COc2ccc3cc(C(C)=O)ccc3c2)cc1. The molecule has 25 heavy (non-hydrogen) atoms. The quantitative estimate of drug-likeness (QED) is 0.630. The van der Waals surface area contributed by atoms with E-state index in [0.29, 0.717) is 22.6 Å². The van der Waals surface area contributed by atoms with Crippen LogP contribution in [0.4, 0.5) is 0 Å². The third kappa shape index (κ3) is 3.86. The molecule has 0 N–H and O–H groups in total. The van der Waals surface area contributed by atoms with E-state index in [9.17, 15) is 9.59 Å². The number of ether oxygens (including phenoxy) is 2. The summed E-state index contributed by atoms with van der Waals surface area (Å²) in [6.07, 6.45) is 0. The van der Waals surface area contributed by atoms with Crippen LogP contribution in [0.15, 0.2) is 60.7 Å². The first-order valence-corrected chi connectivity index (χ1v) is 7.91. The molecule has 0 bridgehead atoms. The molecule has 0 aromatic heterocycles. The van der Waals surface area contributed by atoms with Crippen LogP contribution in [-0.4, -0.2) is 25.3 Å². The highest BCUT2D eigenvalue weighted by Gasteiger charge is 2.08. The predicted molar refractivity (Wildman–Crippen MR) is 96.8 cm³/mol. The molecule has 0 aliphatic carbocycles. The van der Waals surface area contributed by atoms with E-state index < -0.39 is 0 Å². The number of rotatable bonds is 6. The van der Waals surface area contributed by atoms with E-state index in [1.54, 1.807) is 50.4 Å². The fourth-order valence-corrected chi connectivity index (χ4v) is 2.54. The average molecular weight is 334 g/mol. The molecule has 0 saturated carbocycles. The Kier molecular flexibility index (Phi) is 4.80. The van der Waals surface area contributed by atoms with E-state index in [1.165, 1.54) is 0 Å². The fraction of sp³-hybridized carbons (Fsp3) is 0.143. The summed E-state index contributed by atoms with van der Waals surface area (Å²) in [5.41, 5.74) is 1.25. The minimum Gasteiger partial charge on any atom is -0.497 e. The van der Waals surface area contributed by atoms with Gasteiger partial charge in [0.25, 0.3) is 0 Å². The molecule has 4 nitrogen and oxygen atoms in total. The molecule has 3 rings (SSSR count). The summed E-state index contributed by atoms with van der Waals surface area (Å²) in [6.45, 7) is 1.51. The lowest BCUT2D eigenvalue weighted by atomic mass is 10.0. The molecule has 4 heteroatoms. The van der Waals surface area contributed by atoms with Gasteiger partial charge in [-0.2, -0.15) is 0 Å². The van der Waals surface area contributed by atoms with E-state index >= 15 is 0 Å². The van der Waals surface area contributed by atoms with Crippen LogP contribution in [0, 0.1) is 0 Å². The lowest BCUT2D eigenvalue weighted by Crippen LogP contribution is -2.11. The summed E-state index contributed by atoms with van der Waals surface area (Å²) in [7, 11) is 1.58. The van der Waals surface area contributed by atoms with Crippen LogP contribution < -0.4 is 9.47 Å². The third-order valence-corrected chi connectivity index (χ3v) is 4.00. The Morgan fingerprint density at radius 3 is 2.08 bits per heavy atom. The molecular weight excluding hydrogens is 316 g/mol. The van der Waals surface area contributed by atoms with Gasteiger partial charge in [-0.25, -0.2) is 0 Å². The summed E-state index contributed by atoms with van der Waals surface area (Å²) in [5, 5.41) is 1.92. The highest BCUT2D eigenvalue weighted by Crippen LogP contribution is 2.22. The van der Waals surface area contributed by atoms with Crippen molar-refractivity contribution in [3.8, 4) is 11.5 Å². The van der Waals surface area contributed by atoms with Crippen molar-refractivity contribution in [2.24, 2.45) is 0 Å². The fourth-order valence-electron chi connectivity index (χ4n) is 2.54. The molecule has 0 radical (unpaired) electrons. The Bertz CT molecular complexity index is 926. The number of ketones is 2. The maximum atomic E-state index is 12.2. The van der Waals surface area contributed by atoms with Crippen LogP contribution in [0.3, 0.4) is 0 Å². The van der Waals surface area contributed by atoms with Crippen LogP contribution in [0.2, 0.25) is 0 Å². The van der Waals surface area contributed by atoms with Gasteiger partial charge in [0.2, 0.25) is 0 Å². The Balaban J connectivity index is 1.70. The van der Waals surface area contributed by atoms with Crippen LogP contribution >= 0.6 is 0 Å². The predicted octanol–water partition coefficient (Wildman–Crippen LogP) is 4.31. The molecule has 0 spiro atoms. The average Bonchev–Trinajstić information content (AvgIpc) is 2.65. The van der Waals surface area contributed by atoms with Crippen molar-refractivity contribution in [2.45, 2.75) is 6.92 Å². The number of carbonyl (C=O) groups excluding carboxylic acids is 2. The molecule has 126 valence electrons. The molecule has 0 atom stereocenters. The molecule has 0 amide bonds. The van der Waals surface area contributed by atoms with Gasteiger partial charge in [0.1, 0.15) is 11.5 Å². The highest BCUT2D eigenvalue weighted by atomic mass is 16.5. The van der Waals surface area contributed by atoms with E-state index in [1.807, 2.05) is 24.3 Å². The van der Waals surface area contributed by atoms with E-state index in [4.69, 9.17) is 9.47 Å². The normalized spacial score (nSPS) is 10.5. The van der Waals surface area contributed by atoms with Crippen molar-refractivity contribution < 1.29 is 19.1 Å². The molecule has 0 heterocycles. The van der Waals surface area contributed by atoms with Gasteiger partial charge in [-0.3, -0.25) is 9.59 Å². The van der Waals surface area contributed by atoms with Gasteiger partial charge >= 0.3 is 0 Å². The smallest absolute Gasteiger partial charge is 0.200 e. The molecular formula is C21H18O4. The van der Waals surface area contributed by atoms with Gasteiger partial charge < -0.3 is 9.47 Å². The second-order valence-electron chi connectivity index (χ2n) is 5.72. The Labute approximate surface area is 146 Å². The number of Topliss-reactive ketones (excluding diaryl/α,β-unsaturated/α-hetero) is 2. The number of hydrogen-bond donors (Lipinski definition) is 0. The summed E-state index contributed by atoms with van der Waals surface area (Å²) < 4.78 is 10.7. The van der Waals surface area contributed by atoms with Crippen LogP contribution in [-0.2, 0) is 0 Å². The standard InChI is InChI=1S/C21H18O4/c1-14(22)16-3-4-18-12-20(10-7-17(18)11-16)25-13-21(23)15-5-8-19(24-2)9-6-15/h3-12H,13H2,1-2H3. The molecule has 0 unspecified atom stereocenters. The van der Waals surface area contributed by atoms with Crippen molar-refractivity contribution in [3.05, 3.63) is 71.8 Å². The zero-order valence-electron chi connectivity index (χ0n) is 14.1. The summed E-state index contributed by atoms with van der Waals surface area (Å²) in [5.74, 6) is 1.25. The number of fused-ring (bicyclic) bond motifs is 1. The Morgan fingerprint density at radius 2 is 1.40 bits per heavy atom. The monoisotopic (exact) mass is 334 g/mol. The molecule has 0 aliphatic rings. The lowest BCUT2D eigenvalue weighted by molar-refractivity contribution is 0.0921. The van der Waals surface area contributed by atoms with Crippen LogP contribution in [0.25, 0.3) is 10.8 Å². The number of hydrogen-bond acceptors (Lipinski definition) is 4. The first kappa shape index (κ1) is 16.7. The lowest BCUT2D eigenvalue weighted by Gasteiger charge is -2.08. The zero-order valence-corrected chi connectivity index (χ0v) is 14.1. The maximum Gasteiger partial charge on any atom is 0.200 e. The number of carbonyl (C=O) groups is 2. The van der Waals surface area contributed by atoms with E-state index in [2.05, 4.69) is 0 Å². The first-order chi connectivity index (χ1) is 12.1. The van der Waals surface area contributed by atoms with Gasteiger partial charge in [-0.15, -0.1) is 0 Å². The van der Waals surface area contributed by atoms with Crippen molar-refractivity contribution in [2.75, 3.05) is 13.7 Å². The van der Waals surface area contributed by atoms with Gasteiger partial charge in [-0.1, -0.05) is 18.2 Å². The van der Waals surface area contributed by atoms with E-state index in [-0.39, 0.29) is 18.2 Å². The minimum absolute atomic E-state index is 0.0346. The second-order valence-corrected chi connectivity index (χ2v) is 5.72. The second kappa shape index (κ2) is 7.18. The first-order valence-electron chi connectivity index (χ1n) is 7.91. The summed E-state index contributed by atoms with van der Waals surface area (Å²) >= 11 is 0. The largest absolute Gasteiger partial charge is 0.497 e. The summed E-state index contributed by atoms with van der Waals surface area (Å²) in [6, 6.07) is 18.0. The van der Waals surface area contributed by atoms with Gasteiger partial charge in [0.15, 0.2) is 18.2 Å². The Hall–Kier alpha value is -3.14. The summed E-state index contributed by atoms with van der Waals surface area (Å²) in [4.78, 5) is 23.6. The van der Waals surface area contributed by atoms with Crippen molar-refractivity contribution in [1.29, 1.82) is 0 Å². The van der Waals surface area contributed by atoms with Crippen molar-refractivity contribution in [3.63, 3.8) is 0 Å². The topological polar surface area (TPSA) is 52.6 Å². The third-order valence-electron chi connectivity index (χ3n) is 4.00. The van der Waals surface area contributed by atoms with Gasteiger partial charge in [0, 0.05) is 11.1 Å². The van der Waals surface area contributed by atoms with E-state index in [0.717, 1.165) is 10.8 Å².